The summed E-state index contributed by atoms with van der Waals surface area (Å²) in [6.07, 6.45) is 14.0. The summed E-state index contributed by atoms with van der Waals surface area (Å²) in [5.74, 6) is 0.797. The van der Waals surface area contributed by atoms with E-state index in [4.69, 9.17) is 11.6 Å². The normalized spacial score (nSPS) is 17.8. The minimum absolute atomic E-state index is 0.797. The molecular formula is C15H30ClN. The van der Waals surface area contributed by atoms with Crippen LogP contribution in [0.25, 0.3) is 0 Å². The van der Waals surface area contributed by atoms with Gasteiger partial charge in [-0.3, -0.25) is 4.90 Å². The van der Waals surface area contributed by atoms with E-state index in [-0.39, 0.29) is 0 Å². The van der Waals surface area contributed by atoms with Crippen molar-refractivity contribution in [2.24, 2.45) is 0 Å². The Hall–Kier alpha value is 0.250. The lowest BCUT2D eigenvalue weighted by Gasteiger charge is -2.34. The highest BCUT2D eigenvalue weighted by Gasteiger charge is 2.19. The Labute approximate surface area is 113 Å². The zero-order valence-corrected chi connectivity index (χ0v) is 12.4. The van der Waals surface area contributed by atoms with Gasteiger partial charge in [0.1, 0.15) is 0 Å². The van der Waals surface area contributed by atoms with E-state index >= 15 is 0 Å². The van der Waals surface area contributed by atoms with Crippen LogP contribution in [0.1, 0.15) is 71.1 Å². The van der Waals surface area contributed by atoms with Crippen LogP contribution >= 0.6 is 11.6 Å². The molecule has 0 aliphatic heterocycles. The number of nitrogens with zero attached hydrogens (tertiary/aromatic N) is 1. The molecule has 1 saturated carbocycles. The van der Waals surface area contributed by atoms with E-state index < -0.39 is 0 Å². The van der Waals surface area contributed by atoms with Crippen molar-refractivity contribution in [1.82, 2.24) is 4.90 Å². The van der Waals surface area contributed by atoms with Gasteiger partial charge in [-0.1, -0.05) is 51.9 Å². The number of halogens is 1. The van der Waals surface area contributed by atoms with Crippen molar-refractivity contribution >= 4 is 11.6 Å². The van der Waals surface area contributed by atoms with Gasteiger partial charge in [-0.2, -0.15) is 0 Å². The van der Waals surface area contributed by atoms with Gasteiger partial charge in [0.2, 0.25) is 0 Å². The molecule has 0 amide bonds. The number of rotatable bonds is 9. The Bertz CT molecular complexity index is 166. The first-order valence-corrected chi connectivity index (χ1v) is 8.22. The summed E-state index contributed by atoms with van der Waals surface area (Å²) in [6, 6.07) is 0.841. The highest BCUT2D eigenvalue weighted by atomic mass is 35.5. The quantitative estimate of drug-likeness (QED) is 0.423. The fraction of sp³-hybridized carbons (Fsp3) is 1.00. The zero-order chi connectivity index (χ0) is 12.3. The second-order valence-electron chi connectivity index (χ2n) is 5.43. The standard InChI is InChI=1S/C15H30ClN/c1-2-3-4-5-9-13-17(14-12-16)15-10-7-6-8-11-15/h15H,2-14H2,1H3. The highest BCUT2D eigenvalue weighted by molar-refractivity contribution is 6.18. The largest absolute Gasteiger partial charge is 0.299 e. The molecule has 1 fully saturated rings. The SMILES string of the molecule is CCCCCCCN(CCCl)C1CCCCC1. The van der Waals surface area contributed by atoms with Crippen molar-refractivity contribution < 1.29 is 0 Å². The molecular weight excluding hydrogens is 230 g/mol. The van der Waals surface area contributed by atoms with Gasteiger partial charge >= 0.3 is 0 Å². The van der Waals surface area contributed by atoms with E-state index in [1.165, 1.54) is 70.8 Å². The average Bonchev–Trinajstić information content (AvgIpc) is 2.38. The smallest absolute Gasteiger partial charge is 0.0351 e. The molecule has 0 unspecified atom stereocenters. The molecule has 1 aliphatic carbocycles. The fourth-order valence-electron chi connectivity index (χ4n) is 2.95. The Morgan fingerprint density at radius 3 is 2.29 bits per heavy atom. The average molecular weight is 260 g/mol. The molecule has 0 spiro atoms. The first-order chi connectivity index (χ1) is 8.38. The topological polar surface area (TPSA) is 3.24 Å². The highest BCUT2D eigenvalue weighted by Crippen LogP contribution is 2.23. The first kappa shape index (κ1) is 15.3. The van der Waals surface area contributed by atoms with E-state index in [9.17, 15) is 0 Å². The summed E-state index contributed by atoms with van der Waals surface area (Å²) < 4.78 is 0. The third-order valence-electron chi connectivity index (χ3n) is 4.01. The van der Waals surface area contributed by atoms with Gasteiger partial charge in [0.15, 0.2) is 0 Å². The Kier molecular flexibility index (Phi) is 9.18. The molecule has 102 valence electrons. The fourth-order valence-corrected chi connectivity index (χ4v) is 3.17. The van der Waals surface area contributed by atoms with Gasteiger partial charge in [-0.05, 0) is 25.8 Å². The zero-order valence-electron chi connectivity index (χ0n) is 11.6. The molecule has 0 bridgehead atoms. The number of alkyl halides is 1. The maximum atomic E-state index is 5.94. The van der Waals surface area contributed by atoms with Crippen LogP contribution in [-0.4, -0.2) is 29.9 Å². The lowest BCUT2D eigenvalue weighted by molar-refractivity contribution is 0.161. The maximum absolute atomic E-state index is 5.94. The van der Waals surface area contributed by atoms with Crippen LogP contribution in [0.2, 0.25) is 0 Å². The molecule has 1 nitrogen and oxygen atoms in total. The molecule has 0 aromatic carbocycles. The molecule has 0 aromatic heterocycles. The minimum Gasteiger partial charge on any atom is -0.299 e. The molecule has 0 saturated heterocycles. The molecule has 17 heavy (non-hydrogen) atoms. The second-order valence-corrected chi connectivity index (χ2v) is 5.81. The summed E-state index contributed by atoms with van der Waals surface area (Å²) in [5.41, 5.74) is 0. The third kappa shape index (κ3) is 6.67. The van der Waals surface area contributed by atoms with Gasteiger partial charge in [-0.15, -0.1) is 11.6 Å². The van der Waals surface area contributed by atoms with Gasteiger partial charge in [0.05, 0.1) is 0 Å². The monoisotopic (exact) mass is 259 g/mol. The van der Waals surface area contributed by atoms with Gasteiger partial charge in [0, 0.05) is 18.5 Å². The molecule has 0 heterocycles. The van der Waals surface area contributed by atoms with Crippen molar-refractivity contribution in [2.45, 2.75) is 77.2 Å². The van der Waals surface area contributed by atoms with Crippen LogP contribution in [0, 0.1) is 0 Å². The van der Waals surface area contributed by atoms with Crippen LogP contribution in [-0.2, 0) is 0 Å². The molecule has 1 aliphatic rings. The van der Waals surface area contributed by atoms with Crippen LogP contribution < -0.4 is 0 Å². The van der Waals surface area contributed by atoms with E-state index in [2.05, 4.69) is 11.8 Å². The Balaban J connectivity index is 2.17. The van der Waals surface area contributed by atoms with Gasteiger partial charge < -0.3 is 0 Å². The lowest BCUT2D eigenvalue weighted by Crippen LogP contribution is -2.38. The molecule has 1 rings (SSSR count). The number of hydrogen-bond acceptors (Lipinski definition) is 1. The summed E-state index contributed by atoms with van der Waals surface area (Å²) in [7, 11) is 0. The summed E-state index contributed by atoms with van der Waals surface area (Å²) in [6.45, 7) is 4.66. The van der Waals surface area contributed by atoms with E-state index in [0.717, 1.165) is 18.5 Å². The van der Waals surface area contributed by atoms with Crippen LogP contribution in [0.4, 0.5) is 0 Å². The summed E-state index contributed by atoms with van der Waals surface area (Å²) in [5, 5.41) is 0. The van der Waals surface area contributed by atoms with Crippen molar-refractivity contribution in [1.29, 1.82) is 0 Å². The van der Waals surface area contributed by atoms with Gasteiger partial charge in [0.25, 0.3) is 0 Å². The molecule has 0 aromatic rings. The van der Waals surface area contributed by atoms with Crippen molar-refractivity contribution in [3.05, 3.63) is 0 Å². The predicted molar refractivity (Wildman–Crippen MR) is 77.9 cm³/mol. The third-order valence-corrected chi connectivity index (χ3v) is 4.18. The predicted octanol–water partition coefficient (Wildman–Crippen LogP) is 4.83. The Morgan fingerprint density at radius 2 is 1.65 bits per heavy atom. The van der Waals surface area contributed by atoms with Crippen molar-refractivity contribution in [3.63, 3.8) is 0 Å². The van der Waals surface area contributed by atoms with Crippen LogP contribution in [0.5, 0.6) is 0 Å². The number of hydrogen-bond donors (Lipinski definition) is 0. The first-order valence-electron chi connectivity index (χ1n) is 7.68. The van der Waals surface area contributed by atoms with Gasteiger partial charge in [-0.25, -0.2) is 0 Å². The lowest BCUT2D eigenvalue weighted by atomic mass is 9.94. The molecule has 0 N–H and O–H groups in total. The molecule has 0 radical (unpaired) electrons. The van der Waals surface area contributed by atoms with Crippen LogP contribution in [0.15, 0.2) is 0 Å². The molecule has 2 heteroatoms. The summed E-state index contributed by atoms with van der Waals surface area (Å²) in [4.78, 5) is 2.66. The van der Waals surface area contributed by atoms with E-state index in [1.54, 1.807) is 0 Å². The van der Waals surface area contributed by atoms with Crippen molar-refractivity contribution in [2.75, 3.05) is 19.0 Å². The Morgan fingerprint density at radius 1 is 0.941 bits per heavy atom. The van der Waals surface area contributed by atoms with Crippen molar-refractivity contribution in [3.8, 4) is 0 Å². The summed E-state index contributed by atoms with van der Waals surface area (Å²) >= 11 is 5.94. The number of unbranched alkanes of at least 4 members (excludes halogenated alkanes) is 4. The second kappa shape index (κ2) is 10.2. The van der Waals surface area contributed by atoms with Crippen LogP contribution in [0.3, 0.4) is 0 Å². The van der Waals surface area contributed by atoms with E-state index in [1.807, 2.05) is 0 Å². The minimum atomic E-state index is 0.797. The molecule has 0 atom stereocenters. The maximum Gasteiger partial charge on any atom is 0.0351 e. The van der Waals surface area contributed by atoms with E-state index in [0.29, 0.717) is 0 Å².